The van der Waals surface area contributed by atoms with E-state index in [-0.39, 0.29) is 0 Å². The second-order valence-electron chi connectivity index (χ2n) is 1.07. The number of rotatable bonds is 0. The van der Waals surface area contributed by atoms with Crippen molar-refractivity contribution in [1.82, 2.24) is 0 Å². The van der Waals surface area contributed by atoms with Crippen LogP contribution in [0.3, 0.4) is 0 Å². The normalized spacial score (nSPS) is 18.9. The van der Waals surface area contributed by atoms with Gasteiger partial charge in [-0.15, -0.1) is 0 Å². The summed E-state index contributed by atoms with van der Waals surface area (Å²) in [4.78, 5) is 0. The van der Waals surface area contributed by atoms with Gasteiger partial charge in [0.1, 0.15) is 0 Å². The van der Waals surface area contributed by atoms with Gasteiger partial charge in [-0.05, 0) is 0 Å². The van der Waals surface area contributed by atoms with Gasteiger partial charge in [0, 0.05) is 0 Å². The van der Waals surface area contributed by atoms with Crippen molar-refractivity contribution >= 4 is 52.7 Å². The zero-order valence-corrected chi connectivity index (χ0v) is 8.52. The third kappa shape index (κ3) is 1.77. The fraction of sp³-hybridized carbons (Fsp3) is 0. The fourth-order valence-corrected chi connectivity index (χ4v) is 4.92. The van der Waals surface area contributed by atoms with E-state index in [9.17, 15) is 0 Å². The van der Waals surface area contributed by atoms with Crippen LogP contribution < -0.4 is 0 Å². The van der Waals surface area contributed by atoms with Crippen LogP contribution in [0.2, 0.25) is 0 Å². The van der Waals surface area contributed by atoms with Crippen LogP contribution in [-0.2, 0) is 0 Å². The monoisotopic (exact) mass is 290 g/mol. The molecule has 0 aromatic carbocycles. The van der Waals surface area contributed by atoms with Crippen molar-refractivity contribution in [3.63, 3.8) is 0 Å². The predicted molar refractivity (Wildman–Crippen MR) is 36.4 cm³/mol. The second-order valence-corrected chi connectivity index (χ2v) is 7.81. The molecule has 1 heterocycles. The number of hydrogen-bond acceptors (Lipinski definition) is 0. The van der Waals surface area contributed by atoms with Gasteiger partial charge in [0.15, 0.2) is 0 Å². The van der Waals surface area contributed by atoms with Crippen molar-refractivity contribution in [2.75, 3.05) is 0 Å². The van der Waals surface area contributed by atoms with Crippen LogP contribution in [-0.4, -0.2) is 52.7 Å². The van der Waals surface area contributed by atoms with Gasteiger partial charge in [-0.25, -0.2) is 0 Å². The summed E-state index contributed by atoms with van der Waals surface area (Å²) in [6.07, 6.45) is 4.23. The van der Waals surface area contributed by atoms with Crippen LogP contribution >= 0.6 is 0 Å². The van der Waals surface area contributed by atoms with Crippen molar-refractivity contribution < 1.29 is 0 Å². The van der Waals surface area contributed by atoms with Crippen LogP contribution in [0, 0.1) is 0 Å². The third-order valence-electron chi connectivity index (χ3n) is 0.557. The van der Waals surface area contributed by atoms with E-state index in [4.69, 9.17) is 0 Å². The maximum atomic E-state index is 2.99. The quantitative estimate of drug-likeness (QED) is 0.494. The summed E-state index contributed by atoms with van der Waals surface area (Å²) in [6.45, 7) is 0. The van der Waals surface area contributed by atoms with Crippen molar-refractivity contribution in [3.05, 3.63) is 12.2 Å². The minimum absolute atomic E-state index is 0.597. The molecule has 0 saturated heterocycles. The van der Waals surface area contributed by atoms with E-state index < -0.39 is 0 Å². The molecular formula is C4H2Se3. The van der Waals surface area contributed by atoms with E-state index in [1.54, 1.807) is 0 Å². The molecule has 7 heavy (non-hydrogen) atoms. The van der Waals surface area contributed by atoms with Crippen LogP contribution in [0.4, 0.5) is 0 Å². The van der Waals surface area contributed by atoms with E-state index in [2.05, 4.69) is 43.3 Å². The van der Waals surface area contributed by atoms with Crippen LogP contribution in [0.25, 0.3) is 0 Å². The Hall–Kier alpha value is 1.04. The summed E-state index contributed by atoms with van der Waals surface area (Å²) in [5, 5.41) is 0. The number of allylic oxidation sites excluding steroid dienone is 2. The first-order valence-electron chi connectivity index (χ1n) is 1.73. The third-order valence-corrected chi connectivity index (χ3v) is 4.36. The van der Waals surface area contributed by atoms with Crippen molar-refractivity contribution in [2.45, 2.75) is 0 Å². The summed E-state index contributed by atoms with van der Waals surface area (Å²) in [7, 11) is 0. The minimum atomic E-state index is 0.597. The molecule has 3 heteroatoms. The summed E-state index contributed by atoms with van der Waals surface area (Å²) < 4.78 is 2.78. The van der Waals surface area contributed by atoms with E-state index in [1.807, 2.05) is 0 Å². The molecule has 0 saturated carbocycles. The van der Waals surface area contributed by atoms with Gasteiger partial charge in [0.05, 0.1) is 0 Å². The molecule has 0 bridgehead atoms. The Bertz CT molecular complexity index is 129. The molecule has 1 rings (SSSR count). The molecule has 0 aromatic rings. The standard InChI is InChI=1S/C4H2Se3/c5-3-1-2-4(6)7-3/h1-2H. The molecule has 0 spiro atoms. The fourth-order valence-electron chi connectivity index (χ4n) is 0.303. The summed E-state index contributed by atoms with van der Waals surface area (Å²) in [6, 6.07) is 0. The molecule has 0 atom stereocenters. The zero-order chi connectivity index (χ0) is 5.28. The van der Waals surface area contributed by atoms with Gasteiger partial charge >= 0.3 is 64.9 Å². The Kier molecular flexibility index (Phi) is 2.24. The Balaban J connectivity index is 2.76. The van der Waals surface area contributed by atoms with Crippen molar-refractivity contribution in [2.24, 2.45) is 0 Å². The first-order valence-corrected chi connectivity index (χ1v) is 5.15. The predicted octanol–water partition coefficient (Wildman–Crippen LogP) is -1.14. The first kappa shape index (κ1) is 6.16. The average molecular weight is 287 g/mol. The summed E-state index contributed by atoms with van der Waals surface area (Å²) >= 11 is 6.57. The topological polar surface area (TPSA) is 0 Å². The average Bonchev–Trinajstić information content (AvgIpc) is 1.87. The van der Waals surface area contributed by atoms with Crippen LogP contribution in [0.1, 0.15) is 0 Å². The summed E-state index contributed by atoms with van der Waals surface area (Å²) in [5.41, 5.74) is 0. The van der Waals surface area contributed by atoms with Crippen LogP contribution in [0.5, 0.6) is 0 Å². The molecule has 0 nitrogen and oxygen atoms in total. The van der Waals surface area contributed by atoms with Crippen molar-refractivity contribution in [3.8, 4) is 0 Å². The maximum absolute atomic E-state index is 2.99. The van der Waals surface area contributed by atoms with Gasteiger partial charge in [0.25, 0.3) is 0 Å². The molecule has 0 radical (unpaired) electrons. The van der Waals surface area contributed by atoms with Gasteiger partial charge in [0.2, 0.25) is 0 Å². The van der Waals surface area contributed by atoms with Gasteiger partial charge in [-0.2, -0.15) is 0 Å². The Labute approximate surface area is 64.6 Å². The van der Waals surface area contributed by atoms with Gasteiger partial charge in [-0.1, -0.05) is 0 Å². The molecule has 0 fully saturated rings. The summed E-state index contributed by atoms with van der Waals surface area (Å²) in [5.74, 6) is 0. The Morgan fingerprint density at radius 1 is 1.14 bits per heavy atom. The molecule has 0 aromatic heterocycles. The molecule has 36 valence electrons. The molecule has 0 unspecified atom stereocenters. The van der Waals surface area contributed by atoms with Crippen LogP contribution in [0.15, 0.2) is 12.2 Å². The van der Waals surface area contributed by atoms with E-state index in [0.29, 0.717) is 15.0 Å². The SMILES string of the molecule is [Se]=C1C=CC(=[Se])[Se]1. The Morgan fingerprint density at radius 2 is 1.57 bits per heavy atom. The van der Waals surface area contributed by atoms with Gasteiger partial charge < -0.3 is 0 Å². The molecule has 0 aliphatic carbocycles. The van der Waals surface area contributed by atoms with E-state index in [0.717, 1.165) is 0 Å². The van der Waals surface area contributed by atoms with Crippen molar-refractivity contribution in [1.29, 1.82) is 0 Å². The number of hydrogen-bond donors (Lipinski definition) is 0. The first-order chi connectivity index (χ1) is 3.29. The second kappa shape index (κ2) is 2.55. The van der Waals surface area contributed by atoms with E-state index in [1.165, 1.54) is 6.63 Å². The van der Waals surface area contributed by atoms with Gasteiger partial charge in [-0.3, -0.25) is 0 Å². The molecule has 1 aliphatic rings. The molecule has 0 N–H and O–H groups in total. The Morgan fingerprint density at radius 3 is 1.71 bits per heavy atom. The molecule has 0 amide bonds. The zero-order valence-electron chi connectivity index (χ0n) is 3.38. The van der Waals surface area contributed by atoms with E-state index >= 15 is 0 Å². The molecular weight excluding hydrogens is 285 g/mol. The molecule has 1 aliphatic heterocycles.